The third-order valence-electron chi connectivity index (χ3n) is 1.96. The van der Waals surface area contributed by atoms with Gasteiger partial charge in [0.1, 0.15) is 6.61 Å². The molecule has 8 nitrogen and oxygen atoms in total. The molecule has 0 fully saturated rings. The van der Waals surface area contributed by atoms with Gasteiger partial charge in [0.05, 0.1) is 0 Å². The Hall–Kier alpha value is -2.61. The lowest BCUT2D eigenvalue weighted by Gasteiger charge is -2.10. The lowest BCUT2D eigenvalue weighted by Crippen LogP contribution is -2.31. The Kier molecular flexibility index (Phi) is 8.12. The molecule has 1 rings (SSSR count). The van der Waals surface area contributed by atoms with Crippen LogP contribution in [0.1, 0.15) is 5.56 Å². The van der Waals surface area contributed by atoms with Gasteiger partial charge < -0.3 is 26.4 Å². The highest BCUT2D eigenvalue weighted by Gasteiger charge is 2.05. The summed E-state index contributed by atoms with van der Waals surface area (Å²) < 4.78 is 4.59. The number of carboxylic acids is 2. The fourth-order valence-corrected chi connectivity index (χ4v) is 1.16. The van der Waals surface area contributed by atoms with Crippen molar-refractivity contribution in [3.63, 3.8) is 0 Å². The second-order valence-corrected chi connectivity index (χ2v) is 3.69. The lowest BCUT2D eigenvalue weighted by atomic mass is 10.1. The van der Waals surface area contributed by atoms with Gasteiger partial charge in [-0.05, 0) is 12.0 Å². The molecular weight excluding hydrogens is 268 g/mol. The molecule has 0 saturated heterocycles. The molecule has 0 aliphatic heterocycles. The molecule has 0 spiro atoms. The van der Waals surface area contributed by atoms with Gasteiger partial charge in [-0.2, -0.15) is 0 Å². The minimum atomic E-state index is -1.82. The highest BCUT2D eigenvalue weighted by Crippen LogP contribution is 2.01. The molecule has 1 unspecified atom stereocenters. The number of hydrogen-bond acceptors (Lipinski definition) is 5. The van der Waals surface area contributed by atoms with Crippen molar-refractivity contribution in [1.29, 1.82) is 0 Å². The number of aliphatic carboxylic acids is 2. The maximum atomic E-state index is 10.3. The van der Waals surface area contributed by atoms with E-state index >= 15 is 0 Å². The Bertz CT molecular complexity index is 437. The largest absolute Gasteiger partial charge is 0.473 e. The lowest BCUT2D eigenvalue weighted by molar-refractivity contribution is -0.159. The Morgan fingerprint density at radius 1 is 1.10 bits per heavy atom. The summed E-state index contributed by atoms with van der Waals surface area (Å²) >= 11 is 0. The van der Waals surface area contributed by atoms with E-state index in [4.69, 9.17) is 31.3 Å². The summed E-state index contributed by atoms with van der Waals surface area (Å²) in [6.07, 6.45) is -0.109. The summed E-state index contributed by atoms with van der Waals surface area (Å²) in [5, 5.41) is 14.8. The van der Waals surface area contributed by atoms with Gasteiger partial charge in [0.15, 0.2) is 0 Å². The highest BCUT2D eigenvalue weighted by atomic mass is 16.5. The monoisotopic (exact) mass is 284 g/mol. The van der Waals surface area contributed by atoms with Crippen LogP contribution in [0.15, 0.2) is 30.3 Å². The Morgan fingerprint density at radius 3 is 2.00 bits per heavy atom. The van der Waals surface area contributed by atoms with Crippen molar-refractivity contribution in [2.45, 2.75) is 12.5 Å². The molecule has 1 aromatic rings. The quantitative estimate of drug-likeness (QED) is 0.558. The van der Waals surface area contributed by atoms with Crippen LogP contribution in [0.4, 0.5) is 4.79 Å². The van der Waals surface area contributed by atoms with Crippen molar-refractivity contribution in [2.24, 2.45) is 11.5 Å². The van der Waals surface area contributed by atoms with E-state index in [0.29, 0.717) is 6.42 Å². The van der Waals surface area contributed by atoms with E-state index in [2.05, 4.69) is 4.74 Å². The Balaban J connectivity index is 0.000000511. The smallest absolute Gasteiger partial charge is 0.414 e. The molecule has 0 aliphatic rings. The van der Waals surface area contributed by atoms with Crippen LogP contribution in [0, 0.1) is 0 Å². The first-order valence-electron chi connectivity index (χ1n) is 5.51. The number of nitrogens with two attached hydrogens (primary N) is 2. The molecule has 1 aromatic carbocycles. The van der Waals surface area contributed by atoms with Gasteiger partial charge in [-0.25, -0.2) is 14.4 Å². The van der Waals surface area contributed by atoms with E-state index in [1.807, 2.05) is 30.3 Å². The predicted molar refractivity (Wildman–Crippen MR) is 68.9 cm³/mol. The Morgan fingerprint density at radius 2 is 1.60 bits per heavy atom. The standard InChI is InChI=1S/C10H14N2O2.C2H2O4/c11-9(7-14-10(12)13)6-8-4-2-1-3-5-8;3-1(4)2(5)6/h1-5,9H,6-7,11H2,(H2,12,13);(H,3,4)(H,5,6). The van der Waals surface area contributed by atoms with E-state index in [9.17, 15) is 4.79 Å². The molecule has 6 N–H and O–H groups in total. The van der Waals surface area contributed by atoms with Gasteiger partial charge >= 0.3 is 18.0 Å². The van der Waals surface area contributed by atoms with Crippen molar-refractivity contribution < 1.29 is 29.3 Å². The van der Waals surface area contributed by atoms with Gasteiger partial charge in [-0.1, -0.05) is 30.3 Å². The average molecular weight is 284 g/mol. The number of hydrogen-bond donors (Lipinski definition) is 4. The first-order valence-corrected chi connectivity index (χ1v) is 5.51. The zero-order valence-electron chi connectivity index (χ0n) is 10.6. The third kappa shape index (κ3) is 9.42. The summed E-state index contributed by atoms with van der Waals surface area (Å²) in [4.78, 5) is 28.5. The highest BCUT2D eigenvalue weighted by molar-refractivity contribution is 6.27. The normalized spacial score (nSPS) is 10.7. The van der Waals surface area contributed by atoms with E-state index in [0.717, 1.165) is 5.56 Å². The van der Waals surface area contributed by atoms with Gasteiger partial charge in [-0.3, -0.25) is 0 Å². The zero-order valence-corrected chi connectivity index (χ0v) is 10.6. The van der Waals surface area contributed by atoms with Crippen molar-refractivity contribution in [2.75, 3.05) is 6.61 Å². The molecule has 0 bridgehead atoms. The molecule has 110 valence electrons. The molecular formula is C12H16N2O6. The first kappa shape index (κ1) is 17.4. The molecule has 20 heavy (non-hydrogen) atoms. The van der Waals surface area contributed by atoms with Crippen LogP contribution in [-0.4, -0.2) is 40.9 Å². The maximum absolute atomic E-state index is 10.3. The Labute approximate surface area is 114 Å². The summed E-state index contributed by atoms with van der Waals surface area (Å²) in [6.45, 7) is 0.157. The van der Waals surface area contributed by atoms with Crippen LogP contribution in [0.2, 0.25) is 0 Å². The average Bonchev–Trinajstić information content (AvgIpc) is 2.38. The molecule has 0 radical (unpaired) electrons. The van der Waals surface area contributed by atoms with Gasteiger partial charge in [-0.15, -0.1) is 0 Å². The maximum Gasteiger partial charge on any atom is 0.414 e. The van der Waals surface area contributed by atoms with Crippen LogP contribution >= 0.6 is 0 Å². The summed E-state index contributed by atoms with van der Waals surface area (Å²) in [5.41, 5.74) is 11.7. The molecule has 8 heteroatoms. The fourth-order valence-electron chi connectivity index (χ4n) is 1.16. The number of carbonyl (C=O) groups is 3. The fraction of sp³-hybridized carbons (Fsp3) is 0.250. The topological polar surface area (TPSA) is 153 Å². The molecule has 0 heterocycles. The number of amides is 1. The minimum absolute atomic E-state index is 0.157. The second-order valence-electron chi connectivity index (χ2n) is 3.69. The van der Waals surface area contributed by atoms with Crippen molar-refractivity contribution in [1.82, 2.24) is 0 Å². The molecule has 1 amide bonds. The molecule has 0 aliphatic carbocycles. The predicted octanol–water partition coefficient (Wildman–Crippen LogP) is -0.193. The summed E-state index contributed by atoms with van der Waals surface area (Å²) in [7, 11) is 0. The SMILES string of the molecule is NC(=O)OCC(N)Cc1ccccc1.O=C(O)C(=O)O. The van der Waals surface area contributed by atoms with Crippen LogP contribution < -0.4 is 11.5 Å². The number of carboxylic acid groups (broad SMARTS) is 2. The van der Waals surface area contributed by atoms with Gasteiger partial charge in [0.2, 0.25) is 0 Å². The van der Waals surface area contributed by atoms with Crippen molar-refractivity contribution >= 4 is 18.0 Å². The van der Waals surface area contributed by atoms with Crippen molar-refractivity contribution in [3.8, 4) is 0 Å². The first-order chi connectivity index (χ1) is 9.32. The number of primary amides is 1. The van der Waals surface area contributed by atoms with Crippen LogP contribution in [0.25, 0.3) is 0 Å². The van der Waals surface area contributed by atoms with Crippen LogP contribution in [0.3, 0.4) is 0 Å². The number of ether oxygens (including phenoxy) is 1. The molecule has 1 atom stereocenters. The van der Waals surface area contributed by atoms with Crippen LogP contribution in [0.5, 0.6) is 0 Å². The third-order valence-corrected chi connectivity index (χ3v) is 1.96. The molecule has 0 aromatic heterocycles. The van der Waals surface area contributed by atoms with Gasteiger partial charge in [0.25, 0.3) is 0 Å². The zero-order chi connectivity index (χ0) is 15.5. The van der Waals surface area contributed by atoms with E-state index in [1.165, 1.54) is 0 Å². The van der Waals surface area contributed by atoms with E-state index in [1.54, 1.807) is 0 Å². The number of carbonyl (C=O) groups excluding carboxylic acids is 1. The summed E-state index contributed by atoms with van der Waals surface area (Å²) in [6, 6.07) is 9.57. The number of rotatable bonds is 4. The van der Waals surface area contributed by atoms with Crippen LogP contribution in [-0.2, 0) is 20.7 Å². The molecule has 0 saturated carbocycles. The minimum Gasteiger partial charge on any atom is -0.473 e. The van der Waals surface area contributed by atoms with E-state index in [-0.39, 0.29) is 12.6 Å². The number of benzene rings is 1. The summed E-state index contributed by atoms with van der Waals surface area (Å²) in [5.74, 6) is -3.65. The second kappa shape index (κ2) is 9.34. The van der Waals surface area contributed by atoms with E-state index < -0.39 is 18.0 Å². The van der Waals surface area contributed by atoms with Crippen molar-refractivity contribution in [3.05, 3.63) is 35.9 Å². The van der Waals surface area contributed by atoms with Gasteiger partial charge in [0, 0.05) is 6.04 Å².